The molecule has 9 heteroatoms. The highest BCUT2D eigenvalue weighted by atomic mass is 32.2. The van der Waals surface area contributed by atoms with Crippen molar-refractivity contribution >= 4 is 38.4 Å². The second-order valence-electron chi connectivity index (χ2n) is 6.72. The lowest BCUT2D eigenvalue weighted by Gasteiger charge is -2.16. The lowest BCUT2D eigenvalue weighted by Crippen LogP contribution is -2.39. The topological polar surface area (TPSA) is 102 Å². The van der Waals surface area contributed by atoms with Crippen molar-refractivity contribution in [1.29, 1.82) is 0 Å². The summed E-state index contributed by atoms with van der Waals surface area (Å²) in [7, 11) is -3.04. The summed E-state index contributed by atoms with van der Waals surface area (Å²) in [6.45, 7) is 1.78. The number of sulfone groups is 1. The first-order valence-corrected chi connectivity index (χ1v) is 11.6. The van der Waals surface area contributed by atoms with Crippen LogP contribution in [0.15, 0.2) is 52.1 Å². The quantitative estimate of drug-likeness (QED) is 0.503. The number of nitrogens with zero attached hydrogens (tertiary/aromatic N) is 2. The van der Waals surface area contributed by atoms with E-state index >= 15 is 0 Å². The van der Waals surface area contributed by atoms with Crippen LogP contribution in [-0.2, 0) is 14.6 Å². The molecule has 3 heterocycles. The Balaban J connectivity index is 1.57. The maximum atomic E-state index is 12.6. The Kier molecular flexibility index (Phi) is 5.11. The van der Waals surface area contributed by atoms with Gasteiger partial charge < -0.3 is 9.73 Å². The number of benzene rings is 1. The lowest BCUT2D eigenvalue weighted by atomic mass is 10.2. The van der Waals surface area contributed by atoms with Gasteiger partial charge in [0.1, 0.15) is 5.03 Å². The predicted octanol–water partition coefficient (Wildman–Crippen LogP) is 2.67. The molecule has 0 saturated carbocycles. The van der Waals surface area contributed by atoms with Gasteiger partial charge in [0, 0.05) is 11.4 Å². The molecule has 1 fully saturated rings. The first-order valence-electron chi connectivity index (χ1n) is 8.89. The molecule has 28 heavy (non-hydrogen) atoms. The van der Waals surface area contributed by atoms with E-state index in [0.29, 0.717) is 23.0 Å². The molecule has 1 saturated heterocycles. The van der Waals surface area contributed by atoms with Crippen LogP contribution < -0.4 is 5.32 Å². The highest BCUT2D eigenvalue weighted by molar-refractivity contribution is 8.00. The average Bonchev–Trinajstić information content (AvgIpc) is 3.31. The van der Waals surface area contributed by atoms with Gasteiger partial charge in [0.2, 0.25) is 5.91 Å². The normalized spacial score (nSPS) is 19.5. The number of aromatic nitrogens is 2. The van der Waals surface area contributed by atoms with Crippen LogP contribution in [0.4, 0.5) is 0 Å². The van der Waals surface area contributed by atoms with Gasteiger partial charge >= 0.3 is 0 Å². The number of para-hydroxylation sites is 1. The van der Waals surface area contributed by atoms with Crippen molar-refractivity contribution in [1.82, 2.24) is 15.3 Å². The van der Waals surface area contributed by atoms with E-state index < -0.39 is 15.1 Å². The average molecular weight is 418 g/mol. The Morgan fingerprint density at radius 2 is 2.07 bits per heavy atom. The zero-order valence-electron chi connectivity index (χ0n) is 15.2. The zero-order valence-corrected chi connectivity index (χ0v) is 16.8. The van der Waals surface area contributed by atoms with Crippen molar-refractivity contribution in [3.8, 4) is 11.6 Å². The minimum atomic E-state index is -3.04. The molecule has 1 N–H and O–H groups in total. The molecular weight excluding hydrogens is 398 g/mol. The van der Waals surface area contributed by atoms with Crippen LogP contribution in [0.2, 0.25) is 0 Å². The van der Waals surface area contributed by atoms with Gasteiger partial charge in [0.05, 0.1) is 28.5 Å². The van der Waals surface area contributed by atoms with Crippen molar-refractivity contribution in [3.63, 3.8) is 0 Å². The number of fused-ring (bicyclic) bond motifs is 1. The van der Waals surface area contributed by atoms with Crippen molar-refractivity contribution < 1.29 is 17.6 Å². The molecule has 1 aliphatic heterocycles. The van der Waals surface area contributed by atoms with E-state index in [1.807, 2.05) is 24.3 Å². The second-order valence-corrected chi connectivity index (χ2v) is 10.3. The monoisotopic (exact) mass is 417 g/mol. The van der Waals surface area contributed by atoms with Crippen LogP contribution in [-0.4, -0.2) is 47.1 Å². The first kappa shape index (κ1) is 18.9. The van der Waals surface area contributed by atoms with Crippen molar-refractivity contribution in [3.05, 3.63) is 42.7 Å². The molecule has 146 valence electrons. The highest BCUT2D eigenvalue weighted by Crippen LogP contribution is 2.31. The van der Waals surface area contributed by atoms with Gasteiger partial charge in [0.15, 0.2) is 21.4 Å². The molecule has 0 bridgehead atoms. The van der Waals surface area contributed by atoms with Crippen molar-refractivity contribution in [2.75, 3.05) is 11.5 Å². The number of amides is 1. The van der Waals surface area contributed by atoms with Crippen LogP contribution >= 0.6 is 11.8 Å². The van der Waals surface area contributed by atoms with E-state index in [9.17, 15) is 13.2 Å². The Hall–Kier alpha value is -2.39. The molecule has 2 atom stereocenters. The fraction of sp³-hybridized carbons (Fsp3) is 0.316. The summed E-state index contributed by atoms with van der Waals surface area (Å²) in [6, 6.07) is 10.8. The van der Waals surface area contributed by atoms with E-state index in [4.69, 9.17) is 4.42 Å². The summed E-state index contributed by atoms with van der Waals surface area (Å²) < 4.78 is 28.6. The third kappa shape index (κ3) is 4.05. The van der Waals surface area contributed by atoms with Gasteiger partial charge in [-0.3, -0.25) is 4.79 Å². The number of rotatable bonds is 5. The van der Waals surface area contributed by atoms with Crippen LogP contribution in [0.25, 0.3) is 22.5 Å². The molecule has 4 rings (SSSR count). The molecule has 0 spiro atoms. The third-order valence-electron chi connectivity index (χ3n) is 4.55. The Morgan fingerprint density at radius 1 is 1.25 bits per heavy atom. The molecular formula is C19H19N3O4S2. The molecule has 2 unspecified atom stereocenters. The standard InChI is InChI=1S/C19H19N3O4S2/c1-12(18(23)20-13-8-10-28(24,25)11-13)27-19-14-5-2-3-6-15(14)21-17(22-19)16-7-4-9-26-16/h2-7,9,12-13H,8,10-11H2,1H3,(H,20,23). The van der Waals surface area contributed by atoms with Crippen molar-refractivity contribution in [2.45, 2.75) is 29.7 Å². The molecule has 2 aromatic heterocycles. The summed E-state index contributed by atoms with van der Waals surface area (Å²) in [5.74, 6) is 0.952. The zero-order chi connectivity index (χ0) is 19.7. The van der Waals surface area contributed by atoms with Crippen LogP contribution in [0.3, 0.4) is 0 Å². The first-order chi connectivity index (χ1) is 13.4. The molecule has 1 aromatic carbocycles. The number of carbonyl (C=O) groups is 1. The predicted molar refractivity (Wildman–Crippen MR) is 108 cm³/mol. The molecule has 0 aliphatic carbocycles. The fourth-order valence-electron chi connectivity index (χ4n) is 3.10. The van der Waals surface area contributed by atoms with E-state index in [-0.39, 0.29) is 23.5 Å². The number of hydrogen-bond acceptors (Lipinski definition) is 7. The van der Waals surface area contributed by atoms with E-state index in [1.54, 1.807) is 25.3 Å². The minimum Gasteiger partial charge on any atom is -0.461 e. The SMILES string of the molecule is CC(Sc1nc(-c2ccco2)nc2ccccc12)C(=O)NC1CCS(=O)(=O)C1. The molecule has 7 nitrogen and oxygen atoms in total. The number of furan rings is 1. The summed E-state index contributed by atoms with van der Waals surface area (Å²) in [6.07, 6.45) is 2.02. The molecule has 0 radical (unpaired) electrons. The van der Waals surface area contributed by atoms with Crippen LogP contribution in [0, 0.1) is 0 Å². The second kappa shape index (κ2) is 7.56. The van der Waals surface area contributed by atoms with Gasteiger partial charge in [-0.25, -0.2) is 18.4 Å². The summed E-state index contributed by atoms with van der Waals surface area (Å²) >= 11 is 1.32. The summed E-state index contributed by atoms with van der Waals surface area (Å²) in [4.78, 5) is 21.7. The Morgan fingerprint density at radius 3 is 2.79 bits per heavy atom. The van der Waals surface area contributed by atoms with E-state index in [0.717, 1.165) is 10.9 Å². The Bertz CT molecular complexity index is 1110. The van der Waals surface area contributed by atoms with Gasteiger partial charge in [-0.15, -0.1) is 0 Å². The molecule has 1 amide bonds. The fourth-order valence-corrected chi connectivity index (χ4v) is 5.72. The van der Waals surface area contributed by atoms with Gasteiger partial charge in [-0.1, -0.05) is 30.0 Å². The largest absolute Gasteiger partial charge is 0.461 e. The van der Waals surface area contributed by atoms with E-state index in [2.05, 4.69) is 15.3 Å². The highest BCUT2D eigenvalue weighted by Gasteiger charge is 2.30. The maximum absolute atomic E-state index is 12.6. The number of nitrogens with one attached hydrogen (secondary N) is 1. The molecule has 1 aliphatic rings. The summed E-state index contributed by atoms with van der Waals surface area (Å²) in [5, 5.41) is 3.94. The van der Waals surface area contributed by atoms with E-state index in [1.165, 1.54) is 11.8 Å². The Labute approximate surface area is 166 Å². The minimum absolute atomic E-state index is 0.00913. The number of hydrogen-bond donors (Lipinski definition) is 1. The molecule has 3 aromatic rings. The maximum Gasteiger partial charge on any atom is 0.233 e. The number of thioether (sulfide) groups is 1. The van der Waals surface area contributed by atoms with Crippen molar-refractivity contribution in [2.24, 2.45) is 0 Å². The van der Waals surface area contributed by atoms with Crippen LogP contribution in [0.5, 0.6) is 0 Å². The van der Waals surface area contributed by atoms with Gasteiger partial charge in [-0.2, -0.15) is 0 Å². The lowest BCUT2D eigenvalue weighted by molar-refractivity contribution is -0.120. The smallest absolute Gasteiger partial charge is 0.233 e. The van der Waals surface area contributed by atoms with Gasteiger partial charge in [0.25, 0.3) is 0 Å². The third-order valence-corrected chi connectivity index (χ3v) is 7.42. The summed E-state index contributed by atoms with van der Waals surface area (Å²) in [5.41, 5.74) is 0.765. The number of carbonyl (C=O) groups excluding carboxylic acids is 1. The van der Waals surface area contributed by atoms with Crippen LogP contribution in [0.1, 0.15) is 13.3 Å². The van der Waals surface area contributed by atoms with Gasteiger partial charge in [-0.05, 0) is 31.5 Å².